The quantitative estimate of drug-likeness (QED) is 0.461. The van der Waals surface area contributed by atoms with Crippen LogP contribution in [0.4, 0.5) is 0 Å². The highest BCUT2D eigenvalue weighted by molar-refractivity contribution is 5.89. The van der Waals surface area contributed by atoms with Crippen molar-refractivity contribution in [1.29, 1.82) is 0 Å². The number of carbonyl (C=O) groups excluding carboxylic acids is 1. The first-order valence-corrected chi connectivity index (χ1v) is 7.37. The third-order valence-electron chi connectivity index (χ3n) is 3.39. The molecule has 0 saturated carbocycles. The van der Waals surface area contributed by atoms with E-state index in [1.807, 2.05) is 12.1 Å². The lowest BCUT2D eigenvalue weighted by atomic mass is 10.1. The van der Waals surface area contributed by atoms with Crippen molar-refractivity contribution in [3.63, 3.8) is 0 Å². The topological polar surface area (TPSA) is 44.8 Å². The Balaban J connectivity index is 2.08. The molecule has 0 fully saturated rings. The van der Waals surface area contributed by atoms with Crippen molar-refractivity contribution < 1.29 is 19.0 Å². The lowest BCUT2D eigenvalue weighted by Gasteiger charge is -2.07. The van der Waals surface area contributed by atoms with E-state index >= 15 is 0 Å². The van der Waals surface area contributed by atoms with Gasteiger partial charge in [-0.2, -0.15) is 0 Å². The normalized spacial score (nSPS) is 10.6. The predicted octanol–water partition coefficient (Wildman–Crippen LogP) is 3.89. The molecule has 120 valence electrons. The van der Waals surface area contributed by atoms with Gasteiger partial charge in [-0.05, 0) is 48.4 Å². The van der Waals surface area contributed by atoms with E-state index in [0.717, 1.165) is 12.0 Å². The van der Waals surface area contributed by atoms with Crippen LogP contribution < -0.4 is 14.2 Å². The summed E-state index contributed by atoms with van der Waals surface area (Å²) in [6.07, 6.45) is 3.96. The van der Waals surface area contributed by atoms with Crippen LogP contribution in [-0.2, 0) is 11.2 Å². The highest BCUT2D eigenvalue weighted by atomic mass is 16.5. The van der Waals surface area contributed by atoms with Crippen LogP contribution in [0.1, 0.15) is 18.1 Å². The Morgan fingerprint density at radius 1 is 1.00 bits per heavy atom. The van der Waals surface area contributed by atoms with Gasteiger partial charge in [0.1, 0.15) is 17.2 Å². The maximum Gasteiger partial charge on any atom is 0.336 e. The largest absolute Gasteiger partial charge is 0.497 e. The average Bonchev–Trinajstić information content (AvgIpc) is 2.60. The van der Waals surface area contributed by atoms with Crippen molar-refractivity contribution in [2.75, 3.05) is 14.2 Å². The lowest BCUT2D eigenvalue weighted by Crippen LogP contribution is -2.03. The van der Waals surface area contributed by atoms with Gasteiger partial charge < -0.3 is 14.2 Å². The molecule has 2 aromatic carbocycles. The van der Waals surface area contributed by atoms with Crippen LogP contribution >= 0.6 is 0 Å². The first-order valence-electron chi connectivity index (χ1n) is 7.37. The van der Waals surface area contributed by atoms with Gasteiger partial charge in [0.05, 0.1) is 14.2 Å². The summed E-state index contributed by atoms with van der Waals surface area (Å²) in [6.45, 7) is 2.07. The van der Waals surface area contributed by atoms with Crippen LogP contribution in [0.25, 0.3) is 6.08 Å². The van der Waals surface area contributed by atoms with Crippen LogP contribution in [0.3, 0.4) is 0 Å². The number of methoxy groups -OCH3 is 2. The molecule has 0 N–H and O–H groups in total. The highest BCUT2D eigenvalue weighted by Gasteiger charge is 2.04. The lowest BCUT2D eigenvalue weighted by molar-refractivity contribution is -0.128. The number of carbonyl (C=O) groups is 1. The second-order valence-electron chi connectivity index (χ2n) is 4.86. The minimum absolute atomic E-state index is 0.445. The molecule has 4 nitrogen and oxygen atoms in total. The van der Waals surface area contributed by atoms with Crippen molar-refractivity contribution >= 4 is 12.0 Å². The molecule has 0 aromatic heterocycles. The second-order valence-corrected chi connectivity index (χ2v) is 4.86. The van der Waals surface area contributed by atoms with Gasteiger partial charge in [0.25, 0.3) is 0 Å². The summed E-state index contributed by atoms with van der Waals surface area (Å²) >= 11 is 0. The van der Waals surface area contributed by atoms with Crippen molar-refractivity contribution in [2.45, 2.75) is 13.3 Å². The first-order chi connectivity index (χ1) is 11.2. The molecule has 23 heavy (non-hydrogen) atoms. The molecule has 0 unspecified atom stereocenters. The fourth-order valence-electron chi connectivity index (χ4n) is 2.07. The average molecular weight is 312 g/mol. The fraction of sp³-hybridized carbons (Fsp3) is 0.211. The Bertz CT molecular complexity index is 687. The standard InChI is InChI=1S/C19H20O4/c1-4-14-5-8-16(9-6-14)23-19(20)12-7-15-13-17(21-2)10-11-18(15)22-3/h5-13H,4H2,1-3H3/b12-7+. The molecule has 0 amide bonds. The Morgan fingerprint density at radius 2 is 1.70 bits per heavy atom. The summed E-state index contributed by atoms with van der Waals surface area (Å²) < 4.78 is 15.7. The van der Waals surface area contributed by atoms with E-state index in [4.69, 9.17) is 14.2 Å². The zero-order valence-electron chi connectivity index (χ0n) is 13.5. The van der Waals surface area contributed by atoms with Gasteiger partial charge in [-0.3, -0.25) is 0 Å². The van der Waals surface area contributed by atoms with Crippen LogP contribution in [0.2, 0.25) is 0 Å². The molecule has 0 aliphatic rings. The number of aryl methyl sites for hydroxylation is 1. The van der Waals surface area contributed by atoms with E-state index in [1.54, 1.807) is 50.6 Å². The highest BCUT2D eigenvalue weighted by Crippen LogP contribution is 2.25. The number of ether oxygens (including phenoxy) is 3. The van der Waals surface area contributed by atoms with Crippen molar-refractivity contribution in [2.24, 2.45) is 0 Å². The summed E-state index contributed by atoms with van der Waals surface area (Å²) in [5, 5.41) is 0. The minimum Gasteiger partial charge on any atom is -0.497 e. The van der Waals surface area contributed by atoms with Crippen molar-refractivity contribution in [3.05, 3.63) is 59.7 Å². The number of esters is 1. The minimum atomic E-state index is -0.445. The molecule has 2 rings (SSSR count). The summed E-state index contributed by atoms with van der Waals surface area (Å²) in [6, 6.07) is 12.8. The van der Waals surface area contributed by atoms with E-state index in [9.17, 15) is 4.79 Å². The SMILES string of the molecule is CCc1ccc(OC(=O)/C=C/c2cc(OC)ccc2OC)cc1. The summed E-state index contributed by atoms with van der Waals surface area (Å²) in [5.41, 5.74) is 1.94. The summed E-state index contributed by atoms with van der Waals surface area (Å²) in [5.74, 6) is 1.42. The molecule has 0 aliphatic heterocycles. The second kappa shape index (κ2) is 8.03. The van der Waals surface area contributed by atoms with Crippen LogP contribution in [0.15, 0.2) is 48.5 Å². The molecular formula is C19H20O4. The summed E-state index contributed by atoms with van der Waals surface area (Å²) in [4.78, 5) is 11.9. The molecule has 0 saturated heterocycles. The van der Waals surface area contributed by atoms with E-state index in [-0.39, 0.29) is 0 Å². The third-order valence-corrected chi connectivity index (χ3v) is 3.39. The van der Waals surface area contributed by atoms with E-state index in [1.165, 1.54) is 11.6 Å². The Labute approximate surface area is 136 Å². The fourth-order valence-corrected chi connectivity index (χ4v) is 2.07. The Hall–Kier alpha value is -2.75. The van der Waals surface area contributed by atoms with Gasteiger partial charge in [-0.1, -0.05) is 19.1 Å². The molecule has 0 bridgehead atoms. The molecule has 0 aliphatic carbocycles. The number of hydrogen-bond donors (Lipinski definition) is 0. The van der Waals surface area contributed by atoms with E-state index < -0.39 is 5.97 Å². The zero-order valence-corrected chi connectivity index (χ0v) is 13.5. The van der Waals surface area contributed by atoms with Crippen LogP contribution in [-0.4, -0.2) is 20.2 Å². The number of hydrogen-bond acceptors (Lipinski definition) is 4. The zero-order chi connectivity index (χ0) is 16.7. The van der Waals surface area contributed by atoms with Crippen molar-refractivity contribution in [1.82, 2.24) is 0 Å². The molecule has 4 heteroatoms. The maximum atomic E-state index is 11.9. The Kier molecular flexibility index (Phi) is 5.80. The van der Waals surface area contributed by atoms with Gasteiger partial charge in [0.15, 0.2) is 0 Å². The molecular weight excluding hydrogens is 292 g/mol. The van der Waals surface area contributed by atoms with Gasteiger partial charge in [-0.25, -0.2) is 4.79 Å². The van der Waals surface area contributed by atoms with Gasteiger partial charge in [-0.15, -0.1) is 0 Å². The Morgan fingerprint density at radius 3 is 2.30 bits per heavy atom. The number of rotatable bonds is 6. The van der Waals surface area contributed by atoms with Crippen molar-refractivity contribution in [3.8, 4) is 17.2 Å². The molecule has 0 heterocycles. The smallest absolute Gasteiger partial charge is 0.336 e. The van der Waals surface area contributed by atoms with E-state index in [0.29, 0.717) is 17.2 Å². The predicted molar refractivity (Wildman–Crippen MR) is 90.0 cm³/mol. The number of benzene rings is 2. The van der Waals surface area contributed by atoms with Crippen LogP contribution in [0, 0.1) is 0 Å². The monoisotopic (exact) mass is 312 g/mol. The summed E-state index contributed by atoms with van der Waals surface area (Å²) in [7, 11) is 3.16. The maximum absolute atomic E-state index is 11.9. The van der Waals surface area contributed by atoms with E-state index in [2.05, 4.69) is 6.92 Å². The third kappa shape index (κ3) is 4.61. The van der Waals surface area contributed by atoms with Gasteiger partial charge >= 0.3 is 5.97 Å². The molecule has 0 atom stereocenters. The molecule has 0 radical (unpaired) electrons. The first kappa shape index (κ1) is 16.6. The van der Waals surface area contributed by atoms with Gasteiger partial charge in [0, 0.05) is 11.6 Å². The van der Waals surface area contributed by atoms with Crippen LogP contribution in [0.5, 0.6) is 17.2 Å². The molecule has 0 spiro atoms. The van der Waals surface area contributed by atoms with Gasteiger partial charge in [0.2, 0.25) is 0 Å². The molecule has 2 aromatic rings.